The van der Waals surface area contributed by atoms with Crippen molar-refractivity contribution in [2.75, 3.05) is 31.1 Å². The summed E-state index contributed by atoms with van der Waals surface area (Å²) in [6.07, 6.45) is 8.25. The molecule has 0 bridgehead atoms. The second kappa shape index (κ2) is 8.69. The van der Waals surface area contributed by atoms with Crippen molar-refractivity contribution in [3.8, 4) is 17.2 Å². The second-order valence-corrected chi connectivity index (χ2v) is 9.08. The number of pyridine rings is 2. The van der Waals surface area contributed by atoms with E-state index in [0.717, 1.165) is 22.4 Å². The maximum absolute atomic E-state index is 12.4. The number of rotatable bonds is 3. The predicted molar refractivity (Wildman–Crippen MR) is 128 cm³/mol. The zero-order chi connectivity index (χ0) is 23.7. The van der Waals surface area contributed by atoms with E-state index in [0.29, 0.717) is 37.7 Å². The van der Waals surface area contributed by atoms with Gasteiger partial charge in [-0.1, -0.05) is 6.07 Å². The number of fused-ring (bicyclic) bond motifs is 1. The molecule has 4 aromatic heterocycles. The van der Waals surface area contributed by atoms with E-state index >= 15 is 0 Å². The third-order valence-electron chi connectivity index (χ3n) is 5.47. The fourth-order valence-electron chi connectivity index (χ4n) is 3.83. The van der Waals surface area contributed by atoms with E-state index in [1.807, 2.05) is 45.0 Å². The van der Waals surface area contributed by atoms with Crippen LogP contribution in [0.1, 0.15) is 20.8 Å². The Morgan fingerprint density at radius 3 is 2.47 bits per heavy atom. The second-order valence-electron chi connectivity index (χ2n) is 9.08. The normalized spacial score (nSPS) is 14.4. The zero-order valence-electron chi connectivity index (χ0n) is 19.4. The highest BCUT2D eigenvalue weighted by molar-refractivity contribution is 5.82. The number of carbonyl (C=O) groups excluding carboxylic acids is 1. The molecule has 0 spiro atoms. The topological polar surface area (TPSA) is 102 Å². The lowest BCUT2D eigenvalue weighted by Crippen LogP contribution is -2.50. The van der Waals surface area contributed by atoms with E-state index in [4.69, 9.17) is 9.72 Å². The van der Waals surface area contributed by atoms with Crippen LogP contribution in [0.4, 0.5) is 10.6 Å². The SMILES string of the molecule is CC(C)(C)OC(=O)N1CCN(c2cccc(-n3ncc4cnc(-c5cnccn5)cc43)n2)CC1. The minimum Gasteiger partial charge on any atom is -0.444 e. The molecule has 10 nitrogen and oxygen atoms in total. The Labute approximate surface area is 197 Å². The van der Waals surface area contributed by atoms with Crippen LogP contribution in [-0.4, -0.2) is 72.5 Å². The molecule has 0 atom stereocenters. The summed E-state index contributed by atoms with van der Waals surface area (Å²) in [5, 5.41) is 5.45. The highest BCUT2D eigenvalue weighted by Gasteiger charge is 2.26. The average molecular weight is 459 g/mol. The van der Waals surface area contributed by atoms with Gasteiger partial charge in [0.2, 0.25) is 0 Å². The van der Waals surface area contributed by atoms with Crippen LogP contribution in [0.2, 0.25) is 0 Å². The number of nitrogens with zero attached hydrogens (tertiary/aromatic N) is 8. The van der Waals surface area contributed by atoms with Gasteiger partial charge in [0.1, 0.15) is 17.1 Å². The van der Waals surface area contributed by atoms with Crippen LogP contribution in [-0.2, 0) is 4.74 Å². The summed E-state index contributed by atoms with van der Waals surface area (Å²) in [5.41, 5.74) is 1.80. The molecule has 10 heteroatoms. The fourth-order valence-corrected chi connectivity index (χ4v) is 3.83. The molecule has 0 saturated carbocycles. The Kier molecular flexibility index (Phi) is 5.56. The van der Waals surface area contributed by atoms with E-state index in [2.05, 4.69) is 25.0 Å². The Bertz CT molecular complexity index is 1310. The summed E-state index contributed by atoms with van der Waals surface area (Å²) in [6.45, 7) is 8.15. The maximum Gasteiger partial charge on any atom is 0.410 e. The minimum atomic E-state index is -0.501. The van der Waals surface area contributed by atoms with Crippen molar-refractivity contribution in [3.05, 3.63) is 55.2 Å². The number of anilines is 1. The molecule has 5 rings (SSSR count). The van der Waals surface area contributed by atoms with E-state index in [-0.39, 0.29) is 6.09 Å². The van der Waals surface area contributed by atoms with Gasteiger partial charge in [0.05, 0.1) is 23.6 Å². The Morgan fingerprint density at radius 1 is 0.941 bits per heavy atom. The third-order valence-corrected chi connectivity index (χ3v) is 5.47. The molecule has 1 aliphatic heterocycles. The van der Waals surface area contributed by atoms with Crippen molar-refractivity contribution in [2.24, 2.45) is 0 Å². The molecule has 174 valence electrons. The van der Waals surface area contributed by atoms with Crippen LogP contribution in [0.5, 0.6) is 0 Å². The molecule has 4 aromatic rings. The van der Waals surface area contributed by atoms with Crippen molar-refractivity contribution in [1.29, 1.82) is 0 Å². The Balaban J connectivity index is 1.36. The van der Waals surface area contributed by atoms with Gasteiger partial charge in [-0.25, -0.2) is 14.5 Å². The summed E-state index contributed by atoms with van der Waals surface area (Å²) in [6, 6.07) is 7.82. The van der Waals surface area contributed by atoms with Gasteiger partial charge in [-0.3, -0.25) is 15.0 Å². The molecule has 1 fully saturated rings. The highest BCUT2D eigenvalue weighted by Crippen LogP contribution is 2.23. The van der Waals surface area contributed by atoms with Crippen LogP contribution in [0.15, 0.2) is 55.2 Å². The molecule has 5 heterocycles. The lowest BCUT2D eigenvalue weighted by Gasteiger charge is -2.36. The van der Waals surface area contributed by atoms with Gasteiger partial charge in [0.25, 0.3) is 0 Å². The first-order valence-electron chi connectivity index (χ1n) is 11.2. The molecule has 0 aromatic carbocycles. The zero-order valence-corrected chi connectivity index (χ0v) is 19.4. The molecule has 0 aliphatic carbocycles. The smallest absolute Gasteiger partial charge is 0.410 e. The minimum absolute atomic E-state index is 0.274. The summed E-state index contributed by atoms with van der Waals surface area (Å²) in [5.74, 6) is 1.55. The molecule has 0 N–H and O–H groups in total. The van der Waals surface area contributed by atoms with Crippen molar-refractivity contribution in [1.82, 2.24) is 34.6 Å². The first kappa shape index (κ1) is 21.7. The van der Waals surface area contributed by atoms with Gasteiger partial charge in [0.15, 0.2) is 5.82 Å². The average Bonchev–Trinajstić information content (AvgIpc) is 3.27. The number of hydrogen-bond donors (Lipinski definition) is 0. The number of ether oxygens (including phenoxy) is 1. The van der Waals surface area contributed by atoms with Crippen molar-refractivity contribution < 1.29 is 9.53 Å². The van der Waals surface area contributed by atoms with E-state index in [1.54, 1.807) is 40.6 Å². The summed E-state index contributed by atoms with van der Waals surface area (Å²) in [4.78, 5) is 34.1. The third kappa shape index (κ3) is 4.52. The van der Waals surface area contributed by atoms with Crippen LogP contribution < -0.4 is 4.90 Å². The molecule has 34 heavy (non-hydrogen) atoms. The van der Waals surface area contributed by atoms with Crippen molar-refractivity contribution in [2.45, 2.75) is 26.4 Å². The van der Waals surface area contributed by atoms with Crippen LogP contribution in [0.25, 0.3) is 28.1 Å². The van der Waals surface area contributed by atoms with Gasteiger partial charge < -0.3 is 14.5 Å². The van der Waals surface area contributed by atoms with Crippen molar-refractivity contribution >= 4 is 22.8 Å². The molecule has 1 aliphatic rings. The van der Waals surface area contributed by atoms with Gasteiger partial charge in [0, 0.05) is 50.2 Å². The van der Waals surface area contributed by atoms with E-state index in [1.165, 1.54) is 0 Å². The van der Waals surface area contributed by atoms with Gasteiger partial charge >= 0.3 is 6.09 Å². The lowest BCUT2D eigenvalue weighted by atomic mass is 10.2. The quantitative estimate of drug-likeness (QED) is 0.461. The largest absolute Gasteiger partial charge is 0.444 e. The highest BCUT2D eigenvalue weighted by atomic mass is 16.6. The number of piperazine rings is 1. The molecule has 1 amide bonds. The van der Waals surface area contributed by atoms with Gasteiger partial charge in [-0.15, -0.1) is 0 Å². The van der Waals surface area contributed by atoms with Crippen molar-refractivity contribution in [3.63, 3.8) is 0 Å². The van der Waals surface area contributed by atoms with E-state index in [9.17, 15) is 4.79 Å². The maximum atomic E-state index is 12.4. The number of hydrogen-bond acceptors (Lipinski definition) is 8. The summed E-state index contributed by atoms with van der Waals surface area (Å²) in [7, 11) is 0. The van der Waals surface area contributed by atoms with Gasteiger partial charge in [-0.2, -0.15) is 5.10 Å². The molecular weight excluding hydrogens is 432 g/mol. The standard InChI is InChI=1S/C24H26N8O2/c1-24(2,3)34-23(33)31-11-9-30(10-12-31)21-5-4-6-22(29-21)32-20-13-18(19-16-25-7-8-26-19)27-14-17(20)15-28-32/h4-8,13-16H,9-12H2,1-3H3. The first-order valence-corrected chi connectivity index (χ1v) is 11.2. The van der Waals surface area contributed by atoms with Gasteiger partial charge in [-0.05, 0) is 39.0 Å². The number of aromatic nitrogens is 6. The van der Waals surface area contributed by atoms with Crippen LogP contribution in [0, 0.1) is 0 Å². The molecular formula is C24H26N8O2. The van der Waals surface area contributed by atoms with E-state index < -0.39 is 5.60 Å². The first-order chi connectivity index (χ1) is 16.4. The predicted octanol–water partition coefficient (Wildman–Crippen LogP) is 3.33. The molecule has 0 radical (unpaired) electrons. The Hall–Kier alpha value is -4.08. The fraction of sp³-hybridized carbons (Fsp3) is 0.333. The van der Waals surface area contributed by atoms with Crippen LogP contribution in [0.3, 0.4) is 0 Å². The molecule has 1 saturated heterocycles. The lowest BCUT2D eigenvalue weighted by molar-refractivity contribution is 0.0240. The Morgan fingerprint density at radius 2 is 1.74 bits per heavy atom. The monoisotopic (exact) mass is 458 g/mol. The summed E-state index contributed by atoms with van der Waals surface area (Å²) < 4.78 is 7.30. The van der Waals surface area contributed by atoms with Crippen LogP contribution >= 0.6 is 0 Å². The number of amides is 1. The number of carbonyl (C=O) groups is 1. The molecule has 0 unspecified atom stereocenters. The summed E-state index contributed by atoms with van der Waals surface area (Å²) >= 11 is 0.